The minimum absolute atomic E-state index is 0.916. The minimum atomic E-state index is 0.916. The first-order valence-electron chi connectivity index (χ1n) is 6.46. The Balaban J connectivity index is 2.37. The Morgan fingerprint density at radius 3 is 2.72 bits per heavy atom. The van der Waals surface area contributed by atoms with Gasteiger partial charge in [0.1, 0.15) is 5.75 Å². The maximum absolute atomic E-state index is 5.25. The van der Waals surface area contributed by atoms with Crippen LogP contribution in [0.1, 0.15) is 30.9 Å². The number of hydrogen-bond acceptors (Lipinski definition) is 1. The van der Waals surface area contributed by atoms with E-state index in [1.54, 1.807) is 7.11 Å². The van der Waals surface area contributed by atoms with Crippen LogP contribution in [0.3, 0.4) is 0 Å². The van der Waals surface area contributed by atoms with Crippen molar-refractivity contribution >= 4 is 5.57 Å². The molecule has 0 bridgehead atoms. The van der Waals surface area contributed by atoms with Crippen molar-refractivity contribution in [2.24, 2.45) is 0 Å². The Labute approximate surface area is 109 Å². The van der Waals surface area contributed by atoms with Crippen molar-refractivity contribution in [1.29, 1.82) is 0 Å². The van der Waals surface area contributed by atoms with Crippen molar-refractivity contribution < 1.29 is 4.74 Å². The fraction of sp³-hybridized carbons (Fsp3) is 0.294. The van der Waals surface area contributed by atoms with Crippen LogP contribution in [-0.2, 0) is 0 Å². The fourth-order valence-corrected chi connectivity index (χ4v) is 2.20. The summed E-state index contributed by atoms with van der Waals surface area (Å²) in [5.74, 6) is 0.916. The van der Waals surface area contributed by atoms with Gasteiger partial charge in [-0.3, -0.25) is 0 Å². The zero-order chi connectivity index (χ0) is 13.0. The molecule has 1 aliphatic rings. The van der Waals surface area contributed by atoms with Gasteiger partial charge in [0.2, 0.25) is 0 Å². The topological polar surface area (TPSA) is 9.23 Å². The van der Waals surface area contributed by atoms with E-state index in [1.807, 2.05) is 6.07 Å². The smallest absolute Gasteiger partial charge is 0.119 e. The van der Waals surface area contributed by atoms with Gasteiger partial charge in [0.15, 0.2) is 0 Å². The fourth-order valence-electron chi connectivity index (χ4n) is 2.20. The molecule has 0 heterocycles. The average Bonchev–Trinajstić information content (AvgIpc) is 2.63. The van der Waals surface area contributed by atoms with Crippen molar-refractivity contribution in [1.82, 2.24) is 0 Å². The molecule has 0 aliphatic heterocycles. The molecule has 0 spiro atoms. The molecule has 94 valence electrons. The maximum atomic E-state index is 5.25. The second kappa shape index (κ2) is 5.72. The van der Waals surface area contributed by atoms with Crippen molar-refractivity contribution in [3.63, 3.8) is 0 Å². The highest BCUT2D eigenvalue weighted by Gasteiger charge is 2.05. The van der Waals surface area contributed by atoms with Crippen LogP contribution in [0.5, 0.6) is 5.75 Å². The number of allylic oxidation sites excluding steroid dienone is 6. The van der Waals surface area contributed by atoms with Gasteiger partial charge < -0.3 is 4.74 Å². The minimum Gasteiger partial charge on any atom is -0.497 e. The number of methoxy groups -OCH3 is 1. The van der Waals surface area contributed by atoms with Gasteiger partial charge in [-0.05, 0) is 48.6 Å². The molecular formula is C17H20O. The molecule has 1 aromatic carbocycles. The van der Waals surface area contributed by atoms with Crippen molar-refractivity contribution in [2.45, 2.75) is 26.7 Å². The Morgan fingerprint density at radius 1 is 1.22 bits per heavy atom. The third kappa shape index (κ3) is 2.73. The van der Waals surface area contributed by atoms with Crippen molar-refractivity contribution in [2.75, 3.05) is 7.11 Å². The summed E-state index contributed by atoms with van der Waals surface area (Å²) >= 11 is 0. The predicted octanol–water partition coefficient (Wildman–Crippen LogP) is 4.68. The second-order valence-corrected chi connectivity index (χ2v) is 4.59. The molecule has 0 fully saturated rings. The molecule has 0 amide bonds. The number of aryl methyl sites for hydroxylation is 1. The van der Waals surface area contributed by atoms with Gasteiger partial charge >= 0.3 is 0 Å². The lowest BCUT2D eigenvalue weighted by Gasteiger charge is -2.08. The van der Waals surface area contributed by atoms with E-state index in [4.69, 9.17) is 4.74 Å². The molecule has 0 N–H and O–H groups in total. The first-order valence-corrected chi connectivity index (χ1v) is 6.46. The molecule has 0 aromatic heterocycles. The summed E-state index contributed by atoms with van der Waals surface area (Å²) in [6, 6.07) is 6.24. The number of hydrogen-bond donors (Lipinski definition) is 0. The molecule has 18 heavy (non-hydrogen) atoms. The molecule has 0 atom stereocenters. The molecule has 1 heteroatoms. The predicted molar refractivity (Wildman–Crippen MR) is 77.8 cm³/mol. The highest BCUT2D eigenvalue weighted by Crippen LogP contribution is 2.26. The van der Waals surface area contributed by atoms with Crippen LogP contribution in [-0.4, -0.2) is 7.11 Å². The van der Waals surface area contributed by atoms with E-state index in [1.165, 1.54) is 22.3 Å². The van der Waals surface area contributed by atoms with Crippen LogP contribution in [0.15, 0.2) is 48.1 Å². The zero-order valence-corrected chi connectivity index (χ0v) is 11.4. The van der Waals surface area contributed by atoms with Gasteiger partial charge in [-0.2, -0.15) is 0 Å². The molecular weight excluding hydrogens is 220 g/mol. The standard InChI is InChI=1S/C17H20O/c1-4-14-6-5-7-15(9-8-14)17-11-10-16(18-3)12-13(17)2/h5,7-12H,4,6H2,1-3H3. The lowest BCUT2D eigenvalue weighted by molar-refractivity contribution is 0.414. The van der Waals surface area contributed by atoms with E-state index in [-0.39, 0.29) is 0 Å². The summed E-state index contributed by atoms with van der Waals surface area (Å²) in [6.45, 7) is 4.33. The first-order chi connectivity index (χ1) is 8.74. The quantitative estimate of drug-likeness (QED) is 0.745. The van der Waals surface area contributed by atoms with Crippen LogP contribution in [0.2, 0.25) is 0 Å². The highest BCUT2D eigenvalue weighted by atomic mass is 16.5. The van der Waals surface area contributed by atoms with Crippen molar-refractivity contribution in [3.8, 4) is 5.75 Å². The molecule has 0 unspecified atom stereocenters. The summed E-state index contributed by atoms with van der Waals surface area (Å²) in [7, 11) is 1.70. The molecule has 2 rings (SSSR count). The molecule has 1 nitrogen and oxygen atoms in total. The lowest BCUT2D eigenvalue weighted by atomic mass is 10.00. The SMILES string of the molecule is CCC1=CC=C(c2ccc(OC)cc2C)C=CC1. The lowest BCUT2D eigenvalue weighted by Crippen LogP contribution is -1.89. The van der Waals surface area contributed by atoms with Gasteiger partial charge in [0, 0.05) is 0 Å². The first kappa shape index (κ1) is 12.7. The van der Waals surface area contributed by atoms with Gasteiger partial charge in [0.05, 0.1) is 7.11 Å². The Bertz CT molecular complexity index is 518. The maximum Gasteiger partial charge on any atom is 0.119 e. The second-order valence-electron chi connectivity index (χ2n) is 4.59. The molecule has 0 saturated carbocycles. The Kier molecular flexibility index (Phi) is 4.03. The normalized spacial score (nSPS) is 14.8. The Hall–Kier alpha value is -1.76. The molecule has 0 saturated heterocycles. The van der Waals surface area contributed by atoms with Gasteiger partial charge in [-0.25, -0.2) is 0 Å². The Morgan fingerprint density at radius 2 is 2.06 bits per heavy atom. The van der Waals surface area contributed by atoms with E-state index in [0.717, 1.165) is 18.6 Å². The van der Waals surface area contributed by atoms with Crippen LogP contribution < -0.4 is 4.74 Å². The third-order valence-corrected chi connectivity index (χ3v) is 3.37. The zero-order valence-electron chi connectivity index (χ0n) is 11.4. The van der Waals surface area contributed by atoms with Gasteiger partial charge in [-0.1, -0.05) is 42.9 Å². The van der Waals surface area contributed by atoms with E-state index in [9.17, 15) is 0 Å². The van der Waals surface area contributed by atoms with Gasteiger partial charge in [0.25, 0.3) is 0 Å². The van der Waals surface area contributed by atoms with Crippen LogP contribution >= 0.6 is 0 Å². The molecule has 1 aliphatic carbocycles. The average molecular weight is 240 g/mol. The molecule has 1 aromatic rings. The van der Waals surface area contributed by atoms with Crippen LogP contribution in [0, 0.1) is 6.92 Å². The van der Waals surface area contributed by atoms with Gasteiger partial charge in [-0.15, -0.1) is 0 Å². The van der Waals surface area contributed by atoms with E-state index in [2.05, 4.69) is 50.3 Å². The van der Waals surface area contributed by atoms with Crippen molar-refractivity contribution in [3.05, 3.63) is 59.2 Å². The van der Waals surface area contributed by atoms with E-state index >= 15 is 0 Å². The van der Waals surface area contributed by atoms with Crippen LogP contribution in [0.25, 0.3) is 5.57 Å². The highest BCUT2D eigenvalue weighted by molar-refractivity contribution is 5.78. The largest absolute Gasteiger partial charge is 0.497 e. The summed E-state index contributed by atoms with van der Waals surface area (Å²) in [5, 5.41) is 0. The summed E-state index contributed by atoms with van der Waals surface area (Å²) < 4.78 is 5.25. The number of rotatable bonds is 3. The third-order valence-electron chi connectivity index (χ3n) is 3.37. The summed E-state index contributed by atoms with van der Waals surface area (Å²) in [4.78, 5) is 0. The summed E-state index contributed by atoms with van der Waals surface area (Å²) in [6.07, 6.45) is 11.1. The summed E-state index contributed by atoms with van der Waals surface area (Å²) in [5.41, 5.74) is 5.28. The number of ether oxygens (including phenoxy) is 1. The van der Waals surface area contributed by atoms with E-state index in [0.29, 0.717) is 0 Å². The number of benzene rings is 1. The van der Waals surface area contributed by atoms with Crippen LogP contribution in [0.4, 0.5) is 0 Å². The monoisotopic (exact) mass is 240 g/mol. The van der Waals surface area contributed by atoms with E-state index < -0.39 is 0 Å². The molecule has 0 radical (unpaired) electrons.